The fraction of sp³-hybridized carbons (Fsp3) is 0.158. The molecule has 3 rings (SSSR count). The lowest BCUT2D eigenvalue weighted by Crippen LogP contribution is -2.06. The molecule has 0 saturated heterocycles. The molecule has 22 heavy (non-hydrogen) atoms. The number of nitrogens with zero attached hydrogens (tertiary/aromatic N) is 3. The number of hydrogen-bond acceptors (Lipinski definition) is 1. The third-order valence-electron chi connectivity index (χ3n) is 3.77. The summed E-state index contributed by atoms with van der Waals surface area (Å²) in [6, 6.07) is 18.3. The average Bonchev–Trinajstić information content (AvgIpc) is 2.59. The summed E-state index contributed by atoms with van der Waals surface area (Å²) >= 11 is 0. The topological polar surface area (TPSA) is 48.8 Å². The van der Waals surface area contributed by atoms with E-state index in [-0.39, 0.29) is 0 Å². The molecule has 0 N–H and O–H groups in total. The van der Waals surface area contributed by atoms with E-state index in [0.717, 1.165) is 29.6 Å². The van der Waals surface area contributed by atoms with Crippen LogP contribution in [0.3, 0.4) is 0 Å². The van der Waals surface area contributed by atoms with Gasteiger partial charge in [-0.15, -0.1) is 0 Å². The molecule has 0 aromatic heterocycles. The lowest BCUT2D eigenvalue weighted by Gasteiger charge is -2.19. The van der Waals surface area contributed by atoms with Gasteiger partial charge in [0, 0.05) is 22.6 Å². The van der Waals surface area contributed by atoms with Gasteiger partial charge in [0.25, 0.3) is 0 Å². The lowest BCUT2D eigenvalue weighted by molar-refractivity contribution is 0.884. The molecular formula is C19H15N3. The highest BCUT2D eigenvalue weighted by Gasteiger charge is 2.16. The van der Waals surface area contributed by atoms with Crippen molar-refractivity contribution in [1.82, 2.24) is 0 Å². The van der Waals surface area contributed by atoms with Gasteiger partial charge in [0.05, 0.1) is 0 Å². The number of benzene rings is 2. The monoisotopic (exact) mass is 285 g/mol. The Labute approximate surface area is 129 Å². The molecule has 0 heterocycles. The zero-order valence-corrected chi connectivity index (χ0v) is 12.2. The van der Waals surface area contributed by atoms with Crippen molar-refractivity contribution >= 4 is 5.57 Å². The molecule has 106 valence electrons. The smallest absolute Gasteiger partial charge is 0.0485 e. The van der Waals surface area contributed by atoms with Crippen molar-refractivity contribution in [2.45, 2.75) is 12.8 Å². The predicted molar refractivity (Wildman–Crippen MR) is 89.0 cm³/mol. The van der Waals surface area contributed by atoms with Gasteiger partial charge in [0.1, 0.15) is 0 Å². The summed E-state index contributed by atoms with van der Waals surface area (Å²) in [5.41, 5.74) is 14.2. The van der Waals surface area contributed by atoms with Crippen LogP contribution in [0.1, 0.15) is 23.1 Å². The minimum atomic E-state index is 0.392. The molecule has 0 spiro atoms. The highest BCUT2D eigenvalue weighted by molar-refractivity contribution is 5.85. The molecule has 2 aromatic rings. The van der Waals surface area contributed by atoms with Gasteiger partial charge in [0.2, 0.25) is 0 Å². The van der Waals surface area contributed by atoms with Crippen molar-refractivity contribution in [1.29, 1.82) is 0 Å². The van der Waals surface area contributed by atoms with Crippen LogP contribution in [-0.2, 0) is 6.42 Å². The van der Waals surface area contributed by atoms with Gasteiger partial charge in [0.15, 0.2) is 0 Å². The van der Waals surface area contributed by atoms with E-state index >= 15 is 0 Å². The molecule has 0 unspecified atom stereocenters. The molecule has 0 amide bonds. The highest BCUT2D eigenvalue weighted by atomic mass is 15.1. The molecular weight excluding hydrogens is 270 g/mol. The van der Waals surface area contributed by atoms with Crippen LogP contribution in [0.5, 0.6) is 0 Å². The molecule has 1 aliphatic carbocycles. The van der Waals surface area contributed by atoms with Crippen molar-refractivity contribution < 1.29 is 0 Å². The summed E-state index contributed by atoms with van der Waals surface area (Å²) in [6.07, 6.45) is 1.87. The second-order valence-corrected chi connectivity index (χ2v) is 5.14. The van der Waals surface area contributed by atoms with Gasteiger partial charge in [-0.05, 0) is 47.2 Å². The van der Waals surface area contributed by atoms with Crippen molar-refractivity contribution in [2.24, 2.45) is 5.11 Å². The number of rotatable bonds is 2. The van der Waals surface area contributed by atoms with Crippen LogP contribution < -0.4 is 0 Å². The maximum Gasteiger partial charge on any atom is 0.0485 e. The molecule has 3 heteroatoms. The fourth-order valence-electron chi connectivity index (χ4n) is 2.67. The van der Waals surface area contributed by atoms with E-state index in [1.54, 1.807) is 0 Å². The SMILES string of the molecule is [N-]=[N+]=NCC1=C(C#Cc2ccccc2)c2ccccc2CC1. The third kappa shape index (κ3) is 3.03. The first-order valence-electron chi connectivity index (χ1n) is 7.26. The molecule has 2 aromatic carbocycles. The predicted octanol–water partition coefficient (Wildman–Crippen LogP) is 4.75. The Hall–Kier alpha value is -2.95. The molecule has 1 aliphatic rings. The second kappa shape index (κ2) is 6.67. The van der Waals surface area contributed by atoms with Crippen molar-refractivity contribution in [3.8, 4) is 11.8 Å². The Bertz CT molecular complexity index is 817. The normalized spacial score (nSPS) is 12.7. The van der Waals surface area contributed by atoms with E-state index in [1.165, 1.54) is 11.1 Å². The van der Waals surface area contributed by atoms with E-state index in [2.05, 4.69) is 40.1 Å². The van der Waals surface area contributed by atoms with Crippen LogP contribution in [0, 0.1) is 11.8 Å². The van der Waals surface area contributed by atoms with Crippen LogP contribution in [0.4, 0.5) is 0 Å². The Kier molecular flexibility index (Phi) is 4.25. The Balaban J connectivity index is 2.06. The van der Waals surface area contributed by atoms with Crippen molar-refractivity contribution in [2.75, 3.05) is 6.54 Å². The standard InChI is InChI=1S/C19H15N3/c20-22-21-14-17-12-11-16-8-4-5-9-18(16)19(17)13-10-15-6-2-1-3-7-15/h1-9H,11-12,14H2. The summed E-state index contributed by atoms with van der Waals surface area (Å²) in [6.45, 7) is 0.392. The number of aryl methyl sites for hydroxylation is 1. The molecule has 0 radical (unpaired) electrons. The molecule has 0 aliphatic heterocycles. The largest absolute Gasteiger partial charge is 0.0896 e. The minimum absolute atomic E-state index is 0.392. The van der Waals surface area contributed by atoms with Crippen LogP contribution in [0.2, 0.25) is 0 Å². The highest BCUT2D eigenvalue weighted by Crippen LogP contribution is 2.31. The summed E-state index contributed by atoms with van der Waals surface area (Å²) in [4.78, 5) is 2.88. The van der Waals surface area contributed by atoms with Gasteiger partial charge in [-0.2, -0.15) is 0 Å². The lowest BCUT2D eigenvalue weighted by atomic mass is 9.85. The average molecular weight is 285 g/mol. The van der Waals surface area contributed by atoms with E-state index < -0.39 is 0 Å². The summed E-state index contributed by atoms with van der Waals surface area (Å²) in [5, 5.41) is 3.73. The van der Waals surface area contributed by atoms with Crippen LogP contribution in [0.25, 0.3) is 16.0 Å². The van der Waals surface area contributed by atoms with Crippen LogP contribution in [-0.4, -0.2) is 6.54 Å². The molecule has 3 nitrogen and oxygen atoms in total. The van der Waals surface area contributed by atoms with Crippen LogP contribution in [0.15, 0.2) is 65.3 Å². The zero-order chi connectivity index (χ0) is 15.2. The van der Waals surface area contributed by atoms with Crippen molar-refractivity contribution in [3.05, 3.63) is 87.3 Å². The maximum absolute atomic E-state index is 8.59. The van der Waals surface area contributed by atoms with E-state index in [0.29, 0.717) is 6.54 Å². The first-order chi connectivity index (χ1) is 10.9. The fourth-order valence-corrected chi connectivity index (χ4v) is 2.67. The molecule has 0 saturated carbocycles. The summed E-state index contributed by atoms with van der Waals surface area (Å²) in [5.74, 6) is 6.52. The first kappa shape index (κ1) is 14.0. The Morgan fingerprint density at radius 2 is 1.73 bits per heavy atom. The third-order valence-corrected chi connectivity index (χ3v) is 3.77. The minimum Gasteiger partial charge on any atom is -0.0896 e. The van der Waals surface area contributed by atoms with E-state index in [9.17, 15) is 0 Å². The Morgan fingerprint density at radius 1 is 0.955 bits per heavy atom. The van der Waals surface area contributed by atoms with E-state index in [1.807, 2.05) is 36.4 Å². The van der Waals surface area contributed by atoms with Crippen molar-refractivity contribution in [3.63, 3.8) is 0 Å². The quantitative estimate of drug-likeness (QED) is 0.331. The Morgan fingerprint density at radius 3 is 2.55 bits per heavy atom. The van der Waals surface area contributed by atoms with E-state index in [4.69, 9.17) is 5.53 Å². The van der Waals surface area contributed by atoms with Gasteiger partial charge in [-0.1, -0.05) is 59.4 Å². The summed E-state index contributed by atoms with van der Waals surface area (Å²) < 4.78 is 0. The number of allylic oxidation sites excluding steroid dienone is 1. The van der Waals surface area contributed by atoms with Gasteiger partial charge in [-0.25, -0.2) is 0 Å². The molecule has 0 atom stereocenters. The molecule has 0 fully saturated rings. The molecule has 0 bridgehead atoms. The van der Waals surface area contributed by atoms with Gasteiger partial charge >= 0.3 is 0 Å². The van der Waals surface area contributed by atoms with Gasteiger partial charge < -0.3 is 0 Å². The maximum atomic E-state index is 8.59. The zero-order valence-electron chi connectivity index (χ0n) is 12.2. The first-order valence-corrected chi connectivity index (χ1v) is 7.26. The van der Waals surface area contributed by atoms with Crippen LogP contribution >= 0.6 is 0 Å². The number of fused-ring (bicyclic) bond motifs is 1. The number of hydrogen-bond donors (Lipinski definition) is 0. The number of azide groups is 1. The summed E-state index contributed by atoms with van der Waals surface area (Å²) in [7, 11) is 0. The van der Waals surface area contributed by atoms with Gasteiger partial charge in [-0.3, -0.25) is 0 Å². The second-order valence-electron chi connectivity index (χ2n) is 5.14.